The Hall–Kier alpha value is -1.61. The molecule has 0 radical (unpaired) electrons. The second-order valence-corrected chi connectivity index (χ2v) is 3.44. The zero-order valence-corrected chi connectivity index (χ0v) is 9.13. The van der Waals surface area contributed by atoms with E-state index in [4.69, 9.17) is 9.84 Å². The van der Waals surface area contributed by atoms with E-state index >= 15 is 0 Å². The predicted molar refractivity (Wildman–Crippen MR) is 62.2 cm³/mol. The van der Waals surface area contributed by atoms with Gasteiger partial charge in [0.25, 0.3) is 0 Å². The second kappa shape index (κ2) is 6.80. The van der Waals surface area contributed by atoms with Gasteiger partial charge < -0.3 is 9.84 Å². The number of aliphatic hydroxyl groups is 1. The van der Waals surface area contributed by atoms with Crippen molar-refractivity contribution in [2.45, 2.75) is 18.9 Å². The van der Waals surface area contributed by atoms with Crippen molar-refractivity contribution in [2.24, 2.45) is 0 Å². The van der Waals surface area contributed by atoms with Crippen LogP contribution in [-0.4, -0.2) is 23.8 Å². The number of aliphatic hydroxyl groups excluding tert-OH is 1. The molecular weight excluding hydrogens is 204 g/mol. The summed E-state index contributed by atoms with van der Waals surface area (Å²) in [5, 5.41) is 9.04. The number of allylic oxidation sites excluding steroid dienone is 1. The molecule has 16 heavy (non-hydrogen) atoms. The van der Waals surface area contributed by atoms with Crippen molar-refractivity contribution in [1.82, 2.24) is 0 Å². The highest BCUT2D eigenvalue weighted by Crippen LogP contribution is 2.07. The van der Waals surface area contributed by atoms with Gasteiger partial charge in [-0.15, -0.1) is 6.58 Å². The fraction of sp³-hybridized carbons (Fsp3) is 0.308. The largest absolute Gasteiger partial charge is 0.456 e. The van der Waals surface area contributed by atoms with Gasteiger partial charge in [0.15, 0.2) is 0 Å². The standard InChI is InChI=1S/C13H16O3/c1-2-3-9-12(10-14)16-13(15)11-7-5-4-6-8-11/h2,4-8,12,14H,1,3,9-10H2/t12-/m0/s1. The molecule has 1 atom stereocenters. The topological polar surface area (TPSA) is 46.5 Å². The van der Waals surface area contributed by atoms with Gasteiger partial charge in [0.2, 0.25) is 0 Å². The zero-order valence-electron chi connectivity index (χ0n) is 9.13. The van der Waals surface area contributed by atoms with Crippen LogP contribution in [0.4, 0.5) is 0 Å². The number of carbonyl (C=O) groups excluding carboxylic acids is 1. The fourth-order valence-corrected chi connectivity index (χ4v) is 1.28. The third-order valence-electron chi connectivity index (χ3n) is 2.18. The average Bonchev–Trinajstić information content (AvgIpc) is 2.35. The Bertz CT molecular complexity index is 332. The second-order valence-electron chi connectivity index (χ2n) is 3.44. The first-order valence-corrected chi connectivity index (χ1v) is 5.25. The van der Waals surface area contributed by atoms with Crippen molar-refractivity contribution < 1.29 is 14.6 Å². The molecule has 0 amide bonds. The molecule has 1 aromatic rings. The van der Waals surface area contributed by atoms with E-state index in [0.29, 0.717) is 18.4 Å². The van der Waals surface area contributed by atoms with E-state index in [1.807, 2.05) is 6.07 Å². The fourth-order valence-electron chi connectivity index (χ4n) is 1.28. The summed E-state index contributed by atoms with van der Waals surface area (Å²) >= 11 is 0. The number of hydrogen-bond acceptors (Lipinski definition) is 3. The summed E-state index contributed by atoms with van der Waals surface area (Å²) in [6.07, 6.45) is 2.59. The third-order valence-corrected chi connectivity index (χ3v) is 2.18. The number of esters is 1. The molecule has 0 unspecified atom stereocenters. The summed E-state index contributed by atoms with van der Waals surface area (Å²) in [7, 11) is 0. The van der Waals surface area contributed by atoms with Gasteiger partial charge in [-0.3, -0.25) is 0 Å². The van der Waals surface area contributed by atoms with Gasteiger partial charge >= 0.3 is 5.97 Å². The Morgan fingerprint density at radius 3 is 2.69 bits per heavy atom. The monoisotopic (exact) mass is 220 g/mol. The number of carbonyl (C=O) groups is 1. The van der Waals surface area contributed by atoms with Crippen LogP contribution in [-0.2, 0) is 4.74 Å². The lowest BCUT2D eigenvalue weighted by molar-refractivity contribution is 0.0118. The summed E-state index contributed by atoms with van der Waals surface area (Å²) in [4.78, 5) is 11.6. The molecule has 0 aliphatic heterocycles. The maximum atomic E-state index is 11.6. The first-order chi connectivity index (χ1) is 7.77. The van der Waals surface area contributed by atoms with Crippen molar-refractivity contribution in [3.63, 3.8) is 0 Å². The van der Waals surface area contributed by atoms with Crippen LogP contribution in [0.5, 0.6) is 0 Å². The lowest BCUT2D eigenvalue weighted by atomic mass is 10.2. The van der Waals surface area contributed by atoms with Crippen molar-refractivity contribution in [3.8, 4) is 0 Å². The minimum Gasteiger partial charge on any atom is -0.456 e. The molecule has 0 fully saturated rings. The molecule has 3 heteroatoms. The van der Waals surface area contributed by atoms with Crippen LogP contribution < -0.4 is 0 Å². The molecule has 0 spiro atoms. The highest BCUT2D eigenvalue weighted by molar-refractivity contribution is 5.89. The minimum absolute atomic E-state index is 0.160. The van der Waals surface area contributed by atoms with Gasteiger partial charge in [-0.2, -0.15) is 0 Å². The van der Waals surface area contributed by atoms with Gasteiger partial charge in [-0.05, 0) is 25.0 Å². The van der Waals surface area contributed by atoms with Crippen LogP contribution in [0.15, 0.2) is 43.0 Å². The normalized spacial score (nSPS) is 11.8. The van der Waals surface area contributed by atoms with Crippen molar-refractivity contribution >= 4 is 5.97 Å². The summed E-state index contributed by atoms with van der Waals surface area (Å²) in [6.45, 7) is 3.42. The molecule has 1 rings (SSSR count). The quantitative estimate of drug-likeness (QED) is 0.590. The Morgan fingerprint density at radius 1 is 1.44 bits per heavy atom. The van der Waals surface area contributed by atoms with E-state index in [1.165, 1.54) is 0 Å². The third kappa shape index (κ3) is 3.87. The molecule has 0 aromatic heterocycles. The van der Waals surface area contributed by atoms with Crippen LogP contribution in [0.1, 0.15) is 23.2 Å². The Balaban J connectivity index is 2.52. The summed E-state index contributed by atoms with van der Waals surface area (Å²) in [5.41, 5.74) is 0.500. The van der Waals surface area contributed by atoms with Crippen LogP contribution in [0.3, 0.4) is 0 Å². The lowest BCUT2D eigenvalue weighted by Gasteiger charge is -2.14. The smallest absolute Gasteiger partial charge is 0.338 e. The average molecular weight is 220 g/mol. The SMILES string of the molecule is C=CCC[C@@H](CO)OC(=O)c1ccccc1. The molecule has 0 aliphatic carbocycles. The van der Waals surface area contributed by atoms with Crippen molar-refractivity contribution in [2.75, 3.05) is 6.61 Å². The van der Waals surface area contributed by atoms with Crippen LogP contribution in [0.25, 0.3) is 0 Å². The highest BCUT2D eigenvalue weighted by atomic mass is 16.6. The van der Waals surface area contributed by atoms with Gasteiger partial charge in [-0.1, -0.05) is 24.3 Å². The van der Waals surface area contributed by atoms with E-state index in [-0.39, 0.29) is 6.61 Å². The predicted octanol–water partition coefficient (Wildman–Crippen LogP) is 2.17. The van der Waals surface area contributed by atoms with Gasteiger partial charge in [0.05, 0.1) is 12.2 Å². The molecule has 0 aliphatic rings. The van der Waals surface area contributed by atoms with E-state index in [2.05, 4.69) is 6.58 Å². The first kappa shape index (κ1) is 12.5. The summed E-state index contributed by atoms with van der Waals surface area (Å²) < 4.78 is 5.15. The first-order valence-electron chi connectivity index (χ1n) is 5.25. The molecule has 0 bridgehead atoms. The van der Waals surface area contributed by atoms with E-state index in [0.717, 1.165) is 0 Å². The molecule has 1 N–H and O–H groups in total. The highest BCUT2D eigenvalue weighted by Gasteiger charge is 2.13. The number of rotatable bonds is 6. The Labute approximate surface area is 95.4 Å². The summed E-state index contributed by atoms with van der Waals surface area (Å²) in [6, 6.07) is 8.75. The van der Waals surface area contributed by atoms with Gasteiger partial charge in [0, 0.05) is 0 Å². The van der Waals surface area contributed by atoms with Crippen LogP contribution >= 0.6 is 0 Å². The van der Waals surface area contributed by atoms with Crippen molar-refractivity contribution in [1.29, 1.82) is 0 Å². The van der Waals surface area contributed by atoms with Crippen molar-refractivity contribution in [3.05, 3.63) is 48.6 Å². The van der Waals surface area contributed by atoms with E-state index in [1.54, 1.807) is 30.3 Å². The molecule has 0 saturated carbocycles. The maximum absolute atomic E-state index is 11.6. The molecule has 0 heterocycles. The zero-order chi connectivity index (χ0) is 11.8. The van der Waals surface area contributed by atoms with Crippen LogP contribution in [0, 0.1) is 0 Å². The maximum Gasteiger partial charge on any atom is 0.338 e. The van der Waals surface area contributed by atoms with E-state index in [9.17, 15) is 4.79 Å². The molecule has 1 aromatic carbocycles. The minimum atomic E-state index is -0.453. The number of benzene rings is 1. The summed E-state index contributed by atoms with van der Waals surface area (Å²) in [5.74, 6) is -0.399. The molecule has 3 nitrogen and oxygen atoms in total. The van der Waals surface area contributed by atoms with Gasteiger partial charge in [-0.25, -0.2) is 4.79 Å². The number of hydrogen-bond donors (Lipinski definition) is 1. The lowest BCUT2D eigenvalue weighted by Crippen LogP contribution is -2.21. The van der Waals surface area contributed by atoms with Crippen LogP contribution in [0.2, 0.25) is 0 Å². The molecular formula is C13H16O3. The van der Waals surface area contributed by atoms with Gasteiger partial charge in [0.1, 0.15) is 6.10 Å². The Kier molecular flexibility index (Phi) is 5.29. The molecule has 0 saturated heterocycles. The molecule has 86 valence electrons. The Morgan fingerprint density at radius 2 is 2.12 bits per heavy atom. The number of ether oxygens (including phenoxy) is 1. The van der Waals surface area contributed by atoms with E-state index < -0.39 is 12.1 Å².